The summed E-state index contributed by atoms with van der Waals surface area (Å²) >= 11 is 0. The first-order valence-electron chi connectivity index (χ1n) is 13.1. The van der Waals surface area contributed by atoms with Crippen LogP contribution in [0, 0.1) is 44.8 Å². The van der Waals surface area contributed by atoms with Crippen molar-refractivity contribution >= 4 is 0 Å². The van der Waals surface area contributed by atoms with Crippen molar-refractivity contribution in [1.29, 1.82) is 0 Å². The molecule has 4 saturated carbocycles. The van der Waals surface area contributed by atoms with E-state index in [-0.39, 0.29) is 29.0 Å². The minimum absolute atomic E-state index is 0.0778. The first-order chi connectivity index (χ1) is 14.8. The van der Waals surface area contributed by atoms with Crippen molar-refractivity contribution in [3.8, 4) is 0 Å². The molecule has 4 heteroatoms. The Balaban J connectivity index is 1.56. The third-order valence-electron chi connectivity index (χ3n) is 12.7. The molecular weight excluding hydrogens is 396 g/mol. The molecule has 0 radical (unpaired) electrons. The van der Waals surface area contributed by atoms with Gasteiger partial charge in [-0.3, -0.25) is 0 Å². The molecule has 32 heavy (non-hydrogen) atoms. The lowest BCUT2D eigenvalue weighted by Gasteiger charge is -2.62. The molecule has 0 aromatic rings. The van der Waals surface area contributed by atoms with Gasteiger partial charge in [0.15, 0.2) is 0 Å². The van der Waals surface area contributed by atoms with Crippen molar-refractivity contribution in [1.82, 2.24) is 9.80 Å². The van der Waals surface area contributed by atoms with Crippen LogP contribution in [0.4, 0.5) is 0 Å². The molecule has 0 bridgehead atoms. The molecule has 4 fully saturated rings. The van der Waals surface area contributed by atoms with Crippen molar-refractivity contribution < 1.29 is 10.2 Å². The average molecular weight is 445 g/mol. The molecule has 0 amide bonds. The van der Waals surface area contributed by atoms with E-state index in [4.69, 9.17) is 0 Å². The SMILES string of the molecule is CC(C1C(O)CC2(C)C3C=CC4C(C)(CO)C(N(C)C)CCC45CC35CCC12C)N(C)C. The Morgan fingerprint density at radius 3 is 2.16 bits per heavy atom. The average Bonchev–Trinajstić information content (AvgIpc) is 3.32. The van der Waals surface area contributed by atoms with E-state index >= 15 is 0 Å². The number of fused-ring (bicyclic) bond motifs is 2. The van der Waals surface area contributed by atoms with Crippen molar-refractivity contribution in [3.63, 3.8) is 0 Å². The van der Waals surface area contributed by atoms with Crippen molar-refractivity contribution in [2.45, 2.75) is 84.4 Å². The van der Waals surface area contributed by atoms with E-state index in [1.54, 1.807) is 0 Å². The summed E-state index contributed by atoms with van der Waals surface area (Å²) in [5.74, 6) is 1.35. The van der Waals surface area contributed by atoms with E-state index in [1.165, 1.54) is 32.1 Å². The van der Waals surface area contributed by atoms with Gasteiger partial charge >= 0.3 is 0 Å². The lowest BCUT2D eigenvalue weighted by Crippen LogP contribution is -2.60. The molecule has 11 unspecified atom stereocenters. The normalized spacial score (nSPS) is 57.1. The molecule has 4 nitrogen and oxygen atoms in total. The number of allylic oxidation sites excluding steroid dienone is 2. The number of hydrogen-bond donors (Lipinski definition) is 2. The third-order valence-corrected chi connectivity index (χ3v) is 12.7. The minimum Gasteiger partial charge on any atom is -0.396 e. The molecule has 0 saturated heterocycles. The molecule has 5 rings (SSSR count). The first kappa shape index (κ1) is 23.3. The summed E-state index contributed by atoms with van der Waals surface area (Å²) in [6.07, 6.45) is 12.2. The maximum atomic E-state index is 11.4. The Hall–Kier alpha value is -0.420. The van der Waals surface area contributed by atoms with Gasteiger partial charge in [0.25, 0.3) is 0 Å². The topological polar surface area (TPSA) is 46.9 Å². The largest absolute Gasteiger partial charge is 0.396 e. The van der Waals surface area contributed by atoms with E-state index in [0.29, 0.717) is 40.7 Å². The van der Waals surface area contributed by atoms with Crippen molar-refractivity contribution in [2.24, 2.45) is 44.8 Å². The van der Waals surface area contributed by atoms with Crippen LogP contribution in [-0.4, -0.2) is 73.0 Å². The molecule has 2 spiro atoms. The van der Waals surface area contributed by atoms with Crippen LogP contribution >= 0.6 is 0 Å². The highest BCUT2D eigenvalue weighted by molar-refractivity contribution is 5.37. The second kappa shape index (κ2) is 6.83. The van der Waals surface area contributed by atoms with Gasteiger partial charge in [0, 0.05) is 23.4 Å². The number of aliphatic hydroxyl groups excluding tert-OH is 2. The second-order valence-corrected chi connectivity index (χ2v) is 13.8. The summed E-state index contributed by atoms with van der Waals surface area (Å²) in [5.41, 5.74) is 0.958. The summed E-state index contributed by atoms with van der Waals surface area (Å²) in [6.45, 7) is 9.97. The standard InChI is InChI=1S/C28H48N2O2/c1-18(29(5)6)23-19(32)15-26(4)21-10-9-20-24(2,17-31)22(30(7)8)11-12-27(20)16-28(21,27)14-13-25(23,26)3/h9-10,18-23,31-32H,11-17H2,1-8H3. The van der Waals surface area contributed by atoms with Crippen LogP contribution in [0.25, 0.3) is 0 Å². The Morgan fingerprint density at radius 2 is 1.56 bits per heavy atom. The van der Waals surface area contributed by atoms with Crippen LogP contribution < -0.4 is 0 Å². The van der Waals surface area contributed by atoms with Gasteiger partial charge in [-0.25, -0.2) is 0 Å². The van der Waals surface area contributed by atoms with Crippen LogP contribution in [0.3, 0.4) is 0 Å². The highest BCUT2D eigenvalue weighted by Gasteiger charge is 2.82. The molecule has 11 atom stereocenters. The van der Waals surface area contributed by atoms with Crippen LogP contribution in [0.15, 0.2) is 12.2 Å². The van der Waals surface area contributed by atoms with Gasteiger partial charge in [0.1, 0.15) is 0 Å². The van der Waals surface area contributed by atoms with Gasteiger partial charge in [-0.2, -0.15) is 0 Å². The lowest BCUT2D eigenvalue weighted by atomic mass is 9.43. The number of nitrogens with zero attached hydrogens (tertiary/aromatic N) is 2. The molecule has 0 aliphatic heterocycles. The predicted molar refractivity (Wildman–Crippen MR) is 130 cm³/mol. The molecule has 5 aliphatic rings. The van der Waals surface area contributed by atoms with Crippen molar-refractivity contribution in [2.75, 3.05) is 34.8 Å². The van der Waals surface area contributed by atoms with Gasteiger partial charge in [-0.05, 0) is 107 Å². The summed E-state index contributed by atoms with van der Waals surface area (Å²) < 4.78 is 0. The van der Waals surface area contributed by atoms with Gasteiger partial charge < -0.3 is 20.0 Å². The zero-order valence-corrected chi connectivity index (χ0v) is 21.9. The second-order valence-electron chi connectivity index (χ2n) is 13.8. The van der Waals surface area contributed by atoms with Crippen LogP contribution in [0.2, 0.25) is 0 Å². The van der Waals surface area contributed by atoms with Crippen LogP contribution in [-0.2, 0) is 0 Å². The predicted octanol–water partition coefficient (Wildman–Crippen LogP) is 4.03. The van der Waals surface area contributed by atoms with E-state index < -0.39 is 0 Å². The molecule has 0 aromatic carbocycles. The fourth-order valence-electron chi connectivity index (χ4n) is 10.8. The van der Waals surface area contributed by atoms with Crippen LogP contribution in [0.5, 0.6) is 0 Å². The number of rotatable bonds is 4. The Labute approximate surface area is 196 Å². The van der Waals surface area contributed by atoms with E-state index in [0.717, 1.165) is 6.42 Å². The molecule has 0 aromatic heterocycles. The maximum absolute atomic E-state index is 11.4. The van der Waals surface area contributed by atoms with E-state index in [2.05, 4.69) is 77.8 Å². The zero-order valence-electron chi connectivity index (χ0n) is 21.9. The zero-order chi connectivity index (χ0) is 23.5. The summed E-state index contributed by atoms with van der Waals surface area (Å²) in [6, 6.07) is 0.817. The van der Waals surface area contributed by atoms with Crippen molar-refractivity contribution in [3.05, 3.63) is 12.2 Å². The summed E-state index contributed by atoms with van der Waals surface area (Å²) in [7, 11) is 8.71. The van der Waals surface area contributed by atoms with Gasteiger partial charge in [0.2, 0.25) is 0 Å². The minimum atomic E-state index is -0.217. The van der Waals surface area contributed by atoms with Crippen LogP contribution in [0.1, 0.15) is 66.2 Å². The van der Waals surface area contributed by atoms with Gasteiger partial charge in [0.05, 0.1) is 12.7 Å². The Morgan fingerprint density at radius 1 is 0.938 bits per heavy atom. The highest BCUT2D eigenvalue weighted by Crippen LogP contribution is 2.87. The molecule has 182 valence electrons. The maximum Gasteiger partial charge on any atom is 0.0594 e. The summed E-state index contributed by atoms with van der Waals surface area (Å²) in [4.78, 5) is 4.67. The lowest BCUT2D eigenvalue weighted by molar-refractivity contribution is -0.119. The summed E-state index contributed by atoms with van der Waals surface area (Å²) in [5, 5.41) is 22.1. The molecular formula is C28H48N2O2. The Bertz CT molecular complexity index is 811. The third kappa shape index (κ3) is 2.44. The number of aliphatic hydroxyl groups is 2. The first-order valence-corrected chi connectivity index (χ1v) is 13.1. The quantitative estimate of drug-likeness (QED) is 0.643. The smallest absolute Gasteiger partial charge is 0.0594 e. The van der Waals surface area contributed by atoms with E-state index in [1.807, 2.05) is 0 Å². The monoisotopic (exact) mass is 444 g/mol. The van der Waals surface area contributed by atoms with E-state index in [9.17, 15) is 10.2 Å². The fourth-order valence-corrected chi connectivity index (χ4v) is 10.8. The number of hydrogen-bond acceptors (Lipinski definition) is 4. The fraction of sp³-hybridized carbons (Fsp3) is 0.929. The Kier molecular flexibility index (Phi) is 4.98. The molecule has 2 N–H and O–H groups in total. The van der Waals surface area contributed by atoms with Gasteiger partial charge in [-0.15, -0.1) is 0 Å². The van der Waals surface area contributed by atoms with Gasteiger partial charge in [-0.1, -0.05) is 32.9 Å². The molecule has 0 heterocycles. The molecule has 5 aliphatic carbocycles. The highest BCUT2D eigenvalue weighted by atomic mass is 16.3.